The van der Waals surface area contributed by atoms with E-state index in [4.69, 9.17) is 5.26 Å². The van der Waals surface area contributed by atoms with E-state index in [1.165, 1.54) is 12.1 Å². The summed E-state index contributed by atoms with van der Waals surface area (Å²) in [5.74, 6) is -0.669. The van der Waals surface area contributed by atoms with Crippen LogP contribution in [0.25, 0.3) is 0 Å². The minimum Gasteiger partial charge on any atom is -0.324 e. The van der Waals surface area contributed by atoms with Gasteiger partial charge in [0.05, 0.1) is 17.7 Å². The molecule has 1 aliphatic rings. The number of rotatable bonds is 2. The van der Waals surface area contributed by atoms with E-state index in [2.05, 4.69) is 10.6 Å². The van der Waals surface area contributed by atoms with Gasteiger partial charge in [0.1, 0.15) is 5.82 Å². The van der Waals surface area contributed by atoms with E-state index in [0.717, 1.165) is 19.4 Å². The second-order valence-electron chi connectivity index (χ2n) is 6.21. The third-order valence-corrected chi connectivity index (χ3v) is 4.12. The number of halogens is 1. The van der Waals surface area contributed by atoms with Crippen LogP contribution in [0.5, 0.6) is 0 Å². The fourth-order valence-corrected chi connectivity index (χ4v) is 2.74. The molecule has 1 heterocycles. The molecule has 5 heteroatoms. The second kappa shape index (κ2) is 5.82. The van der Waals surface area contributed by atoms with E-state index in [9.17, 15) is 9.18 Å². The number of hydrogen-bond acceptors (Lipinski definition) is 3. The van der Waals surface area contributed by atoms with Crippen molar-refractivity contribution in [2.24, 2.45) is 5.41 Å². The molecule has 2 N–H and O–H groups in total. The Bertz CT molecular complexity index is 604. The maximum Gasteiger partial charge on any atom is 0.242 e. The summed E-state index contributed by atoms with van der Waals surface area (Å²) in [6.07, 6.45) is 2.00. The molecule has 2 rings (SSSR count). The van der Waals surface area contributed by atoms with Crippen LogP contribution >= 0.6 is 0 Å². The maximum absolute atomic E-state index is 13.8. The summed E-state index contributed by atoms with van der Waals surface area (Å²) in [7, 11) is 0. The van der Waals surface area contributed by atoms with Crippen molar-refractivity contribution in [3.8, 4) is 6.07 Å². The van der Waals surface area contributed by atoms with Crippen LogP contribution in [0.4, 0.5) is 10.1 Å². The van der Waals surface area contributed by atoms with Gasteiger partial charge in [0.2, 0.25) is 5.91 Å². The molecule has 0 bridgehead atoms. The molecule has 0 aliphatic carbocycles. The minimum absolute atomic E-state index is 0.151. The fraction of sp³-hybridized carbons (Fsp3) is 0.500. The topological polar surface area (TPSA) is 64.9 Å². The van der Waals surface area contributed by atoms with Crippen LogP contribution in [0.3, 0.4) is 0 Å². The first-order valence-electron chi connectivity index (χ1n) is 7.09. The van der Waals surface area contributed by atoms with Crippen LogP contribution in [0, 0.1) is 29.5 Å². The van der Waals surface area contributed by atoms with Crippen molar-refractivity contribution in [1.82, 2.24) is 5.32 Å². The summed E-state index contributed by atoms with van der Waals surface area (Å²) in [6, 6.07) is 4.26. The van der Waals surface area contributed by atoms with E-state index >= 15 is 0 Å². The molecule has 1 unspecified atom stereocenters. The summed E-state index contributed by atoms with van der Waals surface area (Å²) in [6.45, 7) is 6.48. The third-order valence-electron chi connectivity index (χ3n) is 4.12. The second-order valence-corrected chi connectivity index (χ2v) is 6.21. The van der Waals surface area contributed by atoms with Gasteiger partial charge in [-0.15, -0.1) is 0 Å². The Morgan fingerprint density at radius 3 is 2.86 bits per heavy atom. The number of piperidine rings is 1. The normalized spacial score (nSPS) is 20.6. The molecular formula is C16H20FN3O. The number of amides is 1. The quantitative estimate of drug-likeness (QED) is 0.880. The van der Waals surface area contributed by atoms with Crippen LogP contribution < -0.4 is 10.6 Å². The Hall–Kier alpha value is -1.93. The highest BCUT2D eigenvalue weighted by atomic mass is 19.1. The molecule has 0 saturated carbocycles. The van der Waals surface area contributed by atoms with Gasteiger partial charge in [-0.3, -0.25) is 4.79 Å². The lowest BCUT2D eigenvalue weighted by Crippen LogP contribution is -2.53. The van der Waals surface area contributed by atoms with Crippen molar-refractivity contribution in [3.63, 3.8) is 0 Å². The van der Waals surface area contributed by atoms with Crippen molar-refractivity contribution in [2.75, 3.05) is 11.9 Å². The first-order valence-corrected chi connectivity index (χ1v) is 7.09. The largest absolute Gasteiger partial charge is 0.324 e. The number of nitriles is 1. The number of carbonyl (C=O) groups is 1. The van der Waals surface area contributed by atoms with Gasteiger partial charge < -0.3 is 10.6 Å². The molecule has 112 valence electrons. The molecule has 4 nitrogen and oxygen atoms in total. The predicted octanol–water partition coefficient (Wildman–Crippen LogP) is 2.72. The molecule has 1 aliphatic heterocycles. The number of nitrogens with zero attached hydrogens (tertiary/aromatic N) is 1. The minimum atomic E-state index is -0.486. The zero-order valence-corrected chi connectivity index (χ0v) is 12.6. The van der Waals surface area contributed by atoms with Gasteiger partial charge in [0.15, 0.2) is 0 Å². The highest BCUT2D eigenvalue weighted by Crippen LogP contribution is 2.31. The Morgan fingerprint density at radius 2 is 2.24 bits per heavy atom. The van der Waals surface area contributed by atoms with Crippen LogP contribution in [0.1, 0.15) is 37.8 Å². The lowest BCUT2D eigenvalue weighted by atomic mass is 9.77. The molecule has 1 fully saturated rings. The SMILES string of the molecule is Cc1c(F)cc(C#N)cc1NC(=O)C1NCCCC1(C)C. The van der Waals surface area contributed by atoms with Gasteiger partial charge in [-0.1, -0.05) is 13.8 Å². The van der Waals surface area contributed by atoms with E-state index in [1.54, 1.807) is 6.92 Å². The molecule has 1 saturated heterocycles. The number of hydrogen-bond donors (Lipinski definition) is 2. The maximum atomic E-state index is 13.8. The molecule has 1 atom stereocenters. The zero-order valence-electron chi connectivity index (χ0n) is 12.6. The number of benzene rings is 1. The van der Waals surface area contributed by atoms with E-state index in [0.29, 0.717) is 11.3 Å². The average molecular weight is 289 g/mol. The molecule has 21 heavy (non-hydrogen) atoms. The Balaban J connectivity index is 2.24. The smallest absolute Gasteiger partial charge is 0.242 e. The lowest BCUT2D eigenvalue weighted by molar-refractivity contribution is -0.121. The van der Waals surface area contributed by atoms with Crippen molar-refractivity contribution in [2.45, 2.75) is 39.7 Å². The Kier molecular flexibility index (Phi) is 4.29. The molecule has 0 spiro atoms. The summed E-state index contributed by atoms with van der Waals surface area (Å²) in [5, 5.41) is 14.9. The van der Waals surface area contributed by atoms with Gasteiger partial charge >= 0.3 is 0 Å². The van der Waals surface area contributed by atoms with Crippen molar-refractivity contribution < 1.29 is 9.18 Å². The van der Waals surface area contributed by atoms with Gasteiger partial charge in [0, 0.05) is 11.3 Å². The summed E-state index contributed by atoms with van der Waals surface area (Å²) < 4.78 is 13.8. The molecule has 1 aromatic carbocycles. The molecule has 1 amide bonds. The van der Waals surface area contributed by atoms with Crippen molar-refractivity contribution in [3.05, 3.63) is 29.1 Å². The lowest BCUT2D eigenvalue weighted by Gasteiger charge is -2.38. The van der Waals surface area contributed by atoms with Crippen LogP contribution in [-0.2, 0) is 4.79 Å². The van der Waals surface area contributed by atoms with Crippen molar-refractivity contribution in [1.29, 1.82) is 5.26 Å². The number of anilines is 1. The highest BCUT2D eigenvalue weighted by molar-refractivity contribution is 5.96. The number of nitrogens with one attached hydrogen (secondary N) is 2. The third kappa shape index (κ3) is 3.22. The standard InChI is InChI=1S/C16H20FN3O/c1-10-12(17)7-11(9-18)8-13(10)20-15(21)14-16(2,3)5-4-6-19-14/h7-8,14,19H,4-6H2,1-3H3,(H,20,21). The molecule has 0 aromatic heterocycles. The average Bonchev–Trinajstić information content (AvgIpc) is 2.42. The molecular weight excluding hydrogens is 269 g/mol. The van der Waals surface area contributed by atoms with Crippen molar-refractivity contribution >= 4 is 11.6 Å². The van der Waals surface area contributed by atoms with E-state index in [-0.39, 0.29) is 22.9 Å². The van der Waals surface area contributed by atoms with Gasteiger partial charge in [-0.2, -0.15) is 5.26 Å². The van der Waals surface area contributed by atoms with Gasteiger partial charge in [-0.25, -0.2) is 4.39 Å². The predicted molar refractivity (Wildman–Crippen MR) is 79.3 cm³/mol. The van der Waals surface area contributed by atoms with Crippen LogP contribution in [0.2, 0.25) is 0 Å². The highest BCUT2D eigenvalue weighted by Gasteiger charge is 2.37. The first-order chi connectivity index (χ1) is 9.85. The summed E-state index contributed by atoms with van der Waals surface area (Å²) >= 11 is 0. The zero-order chi connectivity index (χ0) is 15.6. The van der Waals surface area contributed by atoms with E-state index < -0.39 is 5.82 Å². The monoisotopic (exact) mass is 289 g/mol. The van der Waals surface area contributed by atoms with Gasteiger partial charge in [-0.05, 0) is 43.9 Å². The fourth-order valence-electron chi connectivity index (χ4n) is 2.74. The summed E-state index contributed by atoms with van der Waals surface area (Å²) in [4.78, 5) is 12.5. The van der Waals surface area contributed by atoms with E-state index in [1.807, 2.05) is 19.9 Å². The van der Waals surface area contributed by atoms with Crippen LogP contribution in [0.15, 0.2) is 12.1 Å². The molecule has 1 aromatic rings. The first kappa shape index (κ1) is 15.5. The Labute approximate surface area is 124 Å². The Morgan fingerprint density at radius 1 is 1.52 bits per heavy atom. The van der Waals surface area contributed by atoms with Crippen LogP contribution in [-0.4, -0.2) is 18.5 Å². The summed E-state index contributed by atoms with van der Waals surface area (Å²) in [5.41, 5.74) is 0.752. The van der Waals surface area contributed by atoms with Gasteiger partial charge in [0.25, 0.3) is 0 Å². The number of carbonyl (C=O) groups excluding carboxylic acids is 1. The molecule has 0 radical (unpaired) electrons.